The van der Waals surface area contributed by atoms with E-state index >= 15 is 0 Å². The van der Waals surface area contributed by atoms with Gasteiger partial charge in [-0.15, -0.1) is 0 Å². The molecule has 4 nitrogen and oxygen atoms in total. The van der Waals surface area contributed by atoms with Crippen LogP contribution in [0.5, 0.6) is 0 Å². The maximum Gasteiger partial charge on any atom is 0.180 e. The van der Waals surface area contributed by atoms with E-state index in [4.69, 9.17) is 5.73 Å². The molecule has 1 fully saturated rings. The summed E-state index contributed by atoms with van der Waals surface area (Å²) in [5, 5.41) is 0. The van der Waals surface area contributed by atoms with Crippen LogP contribution in [0.1, 0.15) is 26.7 Å². The number of hydrogen-bond donors (Lipinski definition) is 1. The van der Waals surface area contributed by atoms with E-state index in [0.29, 0.717) is 17.4 Å². The average Bonchev–Trinajstić information content (AvgIpc) is 2.47. The van der Waals surface area contributed by atoms with Gasteiger partial charge in [-0.25, -0.2) is 8.42 Å². The normalized spacial score (nSPS) is 23.9. The summed E-state index contributed by atoms with van der Waals surface area (Å²) in [6, 6.07) is 7.53. The zero-order valence-electron chi connectivity index (χ0n) is 12.2. The zero-order valence-corrected chi connectivity index (χ0v) is 13.1. The molecule has 1 aliphatic heterocycles. The fourth-order valence-corrected chi connectivity index (χ4v) is 4.01. The highest BCUT2D eigenvalue weighted by molar-refractivity contribution is 7.91. The number of piperidine rings is 1. The van der Waals surface area contributed by atoms with E-state index in [1.807, 2.05) is 12.1 Å². The number of anilines is 1. The van der Waals surface area contributed by atoms with Gasteiger partial charge >= 0.3 is 0 Å². The number of nitrogens with two attached hydrogens (primary N) is 1. The Labute approximate surface area is 121 Å². The minimum absolute atomic E-state index is 0.127. The minimum Gasteiger partial charge on any atom is -0.366 e. The van der Waals surface area contributed by atoms with E-state index in [1.165, 1.54) is 0 Å². The van der Waals surface area contributed by atoms with Crippen molar-refractivity contribution in [2.24, 2.45) is 11.7 Å². The van der Waals surface area contributed by atoms with E-state index < -0.39 is 9.84 Å². The first-order valence-electron chi connectivity index (χ1n) is 7.28. The van der Waals surface area contributed by atoms with Gasteiger partial charge in [0, 0.05) is 19.1 Å². The molecule has 20 heavy (non-hydrogen) atoms. The Kier molecular flexibility index (Phi) is 4.70. The van der Waals surface area contributed by atoms with E-state index in [1.54, 1.807) is 19.1 Å². The van der Waals surface area contributed by atoms with Crippen molar-refractivity contribution in [2.75, 3.05) is 23.7 Å². The number of rotatable bonds is 4. The second-order valence-electron chi connectivity index (χ2n) is 5.58. The molecule has 0 saturated carbocycles. The fraction of sp³-hybridized carbons (Fsp3) is 0.600. The lowest BCUT2D eigenvalue weighted by Gasteiger charge is -2.40. The molecule has 1 heterocycles. The third kappa shape index (κ3) is 2.99. The first-order chi connectivity index (χ1) is 9.49. The molecule has 2 rings (SSSR count). The molecular weight excluding hydrogens is 272 g/mol. The second-order valence-corrected chi connectivity index (χ2v) is 7.83. The Morgan fingerprint density at radius 3 is 2.70 bits per heavy atom. The SMILES string of the molecule is CCS(=O)(=O)c1ccccc1N1CCC(C)CC1CN. The Balaban J connectivity index is 2.42. The van der Waals surface area contributed by atoms with Gasteiger partial charge in [-0.05, 0) is 30.9 Å². The summed E-state index contributed by atoms with van der Waals surface area (Å²) in [5.41, 5.74) is 6.71. The van der Waals surface area contributed by atoms with Crippen molar-refractivity contribution in [3.63, 3.8) is 0 Å². The van der Waals surface area contributed by atoms with Crippen molar-refractivity contribution in [2.45, 2.75) is 37.6 Å². The summed E-state index contributed by atoms with van der Waals surface area (Å²) < 4.78 is 24.5. The molecule has 1 saturated heterocycles. The van der Waals surface area contributed by atoms with Crippen molar-refractivity contribution in [1.29, 1.82) is 0 Å². The van der Waals surface area contributed by atoms with Gasteiger partial charge in [0.25, 0.3) is 0 Å². The highest BCUT2D eigenvalue weighted by Crippen LogP contribution is 2.32. The standard InChI is InChI=1S/C15H24N2O2S/c1-3-20(18,19)15-7-5-4-6-14(15)17-9-8-12(2)10-13(17)11-16/h4-7,12-13H,3,8-11,16H2,1-2H3. The molecule has 0 aliphatic carbocycles. The van der Waals surface area contributed by atoms with Gasteiger partial charge in [0.05, 0.1) is 16.3 Å². The highest BCUT2D eigenvalue weighted by Gasteiger charge is 2.29. The lowest BCUT2D eigenvalue weighted by atomic mass is 9.92. The Bertz CT molecular complexity index is 557. The molecule has 0 spiro atoms. The van der Waals surface area contributed by atoms with Crippen LogP contribution in [0.15, 0.2) is 29.2 Å². The summed E-state index contributed by atoms with van der Waals surface area (Å²) in [5.74, 6) is 0.774. The molecule has 2 unspecified atom stereocenters. The van der Waals surface area contributed by atoms with Crippen LogP contribution < -0.4 is 10.6 Å². The van der Waals surface area contributed by atoms with E-state index in [9.17, 15) is 8.42 Å². The number of para-hydroxylation sites is 1. The number of nitrogens with zero attached hydrogens (tertiary/aromatic N) is 1. The number of hydrogen-bond acceptors (Lipinski definition) is 4. The van der Waals surface area contributed by atoms with Crippen molar-refractivity contribution in [3.8, 4) is 0 Å². The number of benzene rings is 1. The summed E-state index contributed by atoms with van der Waals surface area (Å²) in [6.45, 7) is 5.35. The summed E-state index contributed by atoms with van der Waals surface area (Å²) in [4.78, 5) is 2.62. The summed E-state index contributed by atoms with van der Waals surface area (Å²) >= 11 is 0. The monoisotopic (exact) mass is 296 g/mol. The van der Waals surface area contributed by atoms with Crippen LogP contribution in [0.4, 0.5) is 5.69 Å². The van der Waals surface area contributed by atoms with Crippen LogP contribution in [0.25, 0.3) is 0 Å². The van der Waals surface area contributed by atoms with Gasteiger partial charge in [-0.3, -0.25) is 0 Å². The molecule has 0 radical (unpaired) electrons. The molecule has 0 aromatic heterocycles. The Morgan fingerprint density at radius 2 is 2.05 bits per heavy atom. The van der Waals surface area contributed by atoms with Crippen LogP contribution >= 0.6 is 0 Å². The molecule has 0 amide bonds. The molecule has 2 atom stereocenters. The van der Waals surface area contributed by atoms with Gasteiger partial charge in [0.1, 0.15) is 0 Å². The smallest absolute Gasteiger partial charge is 0.180 e. The largest absolute Gasteiger partial charge is 0.366 e. The molecule has 1 aliphatic rings. The minimum atomic E-state index is -3.21. The highest BCUT2D eigenvalue weighted by atomic mass is 32.2. The third-order valence-corrected chi connectivity index (χ3v) is 5.92. The Hall–Kier alpha value is -1.07. The molecule has 0 bridgehead atoms. The van der Waals surface area contributed by atoms with E-state index in [-0.39, 0.29) is 11.8 Å². The molecule has 1 aromatic carbocycles. The number of sulfone groups is 1. The first-order valence-corrected chi connectivity index (χ1v) is 8.93. The summed E-state index contributed by atoms with van der Waals surface area (Å²) in [6.07, 6.45) is 2.11. The molecular formula is C15H24N2O2S. The lowest BCUT2D eigenvalue weighted by Crippen LogP contribution is -2.46. The lowest BCUT2D eigenvalue weighted by molar-refractivity contribution is 0.365. The predicted molar refractivity (Wildman–Crippen MR) is 82.8 cm³/mol. The van der Waals surface area contributed by atoms with Gasteiger partial charge < -0.3 is 10.6 Å². The molecule has 1 aromatic rings. The quantitative estimate of drug-likeness (QED) is 0.923. The van der Waals surface area contributed by atoms with Gasteiger partial charge in [0.15, 0.2) is 9.84 Å². The van der Waals surface area contributed by atoms with Crippen LogP contribution in [-0.4, -0.2) is 33.3 Å². The van der Waals surface area contributed by atoms with Crippen molar-refractivity contribution in [1.82, 2.24) is 0 Å². The molecule has 112 valence electrons. The topological polar surface area (TPSA) is 63.4 Å². The van der Waals surface area contributed by atoms with E-state index in [2.05, 4.69) is 11.8 Å². The molecule has 5 heteroatoms. The van der Waals surface area contributed by atoms with Crippen molar-refractivity contribution < 1.29 is 8.42 Å². The van der Waals surface area contributed by atoms with Crippen LogP contribution in [-0.2, 0) is 9.84 Å². The van der Waals surface area contributed by atoms with E-state index in [0.717, 1.165) is 25.1 Å². The van der Waals surface area contributed by atoms with Gasteiger partial charge in [0.2, 0.25) is 0 Å². The maximum absolute atomic E-state index is 12.3. The predicted octanol–water partition coefficient (Wildman–Crippen LogP) is 2.04. The third-order valence-electron chi connectivity index (χ3n) is 4.14. The van der Waals surface area contributed by atoms with Crippen molar-refractivity contribution >= 4 is 15.5 Å². The van der Waals surface area contributed by atoms with Crippen LogP contribution in [0, 0.1) is 5.92 Å². The molecule has 2 N–H and O–H groups in total. The zero-order chi connectivity index (χ0) is 14.8. The summed E-state index contributed by atoms with van der Waals surface area (Å²) in [7, 11) is -3.21. The second kappa shape index (κ2) is 6.14. The van der Waals surface area contributed by atoms with Crippen LogP contribution in [0.2, 0.25) is 0 Å². The average molecular weight is 296 g/mol. The first kappa shape index (κ1) is 15.3. The van der Waals surface area contributed by atoms with Gasteiger partial charge in [-0.1, -0.05) is 26.0 Å². The maximum atomic E-state index is 12.3. The van der Waals surface area contributed by atoms with Gasteiger partial charge in [-0.2, -0.15) is 0 Å². The Morgan fingerprint density at radius 1 is 1.35 bits per heavy atom. The van der Waals surface area contributed by atoms with Crippen LogP contribution in [0.3, 0.4) is 0 Å². The fourth-order valence-electron chi connectivity index (χ4n) is 2.91. The van der Waals surface area contributed by atoms with Crippen molar-refractivity contribution in [3.05, 3.63) is 24.3 Å².